The molecule has 0 aromatic heterocycles. The Morgan fingerprint density at radius 1 is 1.40 bits per heavy atom. The minimum atomic E-state index is -0.455. The van der Waals surface area contributed by atoms with Crippen LogP contribution in [0.1, 0.15) is 25.7 Å². The fourth-order valence-electron chi connectivity index (χ4n) is 2.88. The Kier molecular flexibility index (Phi) is 4.34. The van der Waals surface area contributed by atoms with Gasteiger partial charge in [-0.1, -0.05) is 22.0 Å². The highest BCUT2D eigenvalue weighted by Gasteiger charge is 2.53. The second-order valence-corrected chi connectivity index (χ2v) is 7.11. The summed E-state index contributed by atoms with van der Waals surface area (Å²) in [6.45, 7) is 2.01. The molecule has 0 aliphatic heterocycles. The predicted octanol–water partition coefficient (Wildman–Crippen LogP) is 2.97. The average molecular weight is 340 g/mol. The molecule has 2 aliphatic rings. The first-order valence-corrected chi connectivity index (χ1v) is 8.24. The van der Waals surface area contributed by atoms with Crippen molar-refractivity contribution < 1.29 is 9.84 Å². The maximum atomic E-state index is 9.95. The van der Waals surface area contributed by atoms with Gasteiger partial charge in [0.05, 0.1) is 0 Å². The van der Waals surface area contributed by atoms with Crippen LogP contribution in [0, 0.1) is 11.3 Å². The molecule has 1 aromatic rings. The minimum Gasteiger partial charge on any atom is -0.491 e. The summed E-state index contributed by atoms with van der Waals surface area (Å²) in [7, 11) is 0. The summed E-state index contributed by atoms with van der Waals surface area (Å²) in [5.74, 6) is 1.75. The van der Waals surface area contributed by atoms with Gasteiger partial charge in [0.2, 0.25) is 0 Å². The molecular weight excluding hydrogens is 318 g/mol. The van der Waals surface area contributed by atoms with Crippen molar-refractivity contribution >= 4 is 15.9 Å². The molecule has 0 bridgehead atoms. The van der Waals surface area contributed by atoms with Crippen LogP contribution in [0.25, 0.3) is 0 Å². The fourth-order valence-corrected chi connectivity index (χ4v) is 3.26. The summed E-state index contributed by atoms with van der Waals surface area (Å²) < 4.78 is 6.58. The molecule has 2 fully saturated rings. The molecule has 0 amide bonds. The van der Waals surface area contributed by atoms with E-state index in [1.807, 2.05) is 24.3 Å². The van der Waals surface area contributed by atoms with Gasteiger partial charge in [-0.05, 0) is 55.2 Å². The lowest BCUT2D eigenvalue weighted by Crippen LogP contribution is -2.35. The van der Waals surface area contributed by atoms with Crippen LogP contribution in [0.4, 0.5) is 0 Å². The first-order valence-electron chi connectivity index (χ1n) is 7.45. The van der Waals surface area contributed by atoms with E-state index in [2.05, 4.69) is 21.2 Å². The van der Waals surface area contributed by atoms with Crippen molar-refractivity contribution in [3.63, 3.8) is 0 Å². The van der Waals surface area contributed by atoms with Crippen LogP contribution in [0.2, 0.25) is 0 Å². The van der Waals surface area contributed by atoms with Gasteiger partial charge < -0.3 is 15.2 Å². The van der Waals surface area contributed by atoms with E-state index in [0.29, 0.717) is 18.6 Å². The molecule has 3 nitrogen and oxygen atoms in total. The third-order valence-electron chi connectivity index (χ3n) is 4.43. The standard InChI is InChI=1S/C16H22BrNO2/c17-13-2-1-3-15(8-13)20-10-14(19)9-18-11-16(6-7-16)12-4-5-12/h1-3,8,12,14,18-19H,4-7,9-11H2. The zero-order chi connectivity index (χ0) is 14.0. The van der Waals surface area contributed by atoms with Gasteiger partial charge in [-0.2, -0.15) is 0 Å². The van der Waals surface area contributed by atoms with Gasteiger partial charge in [0.15, 0.2) is 0 Å². The zero-order valence-corrected chi connectivity index (χ0v) is 13.2. The average Bonchev–Trinajstić information content (AvgIpc) is 3.28. The Balaban J connectivity index is 1.34. The molecule has 110 valence electrons. The molecule has 20 heavy (non-hydrogen) atoms. The minimum absolute atomic E-state index is 0.333. The molecule has 3 rings (SSSR count). The van der Waals surface area contributed by atoms with E-state index in [4.69, 9.17) is 4.74 Å². The Morgan fingerprint density at radius 3 is 2.85 bits per heavy atom. The van der Waals surface area contributed by atoms with Crippen LogP contribution in [-0.4, -0.2) is 30.9 Å². The third kappa shape index (κ3) is 3.74. The number of rotatable bonds is 8. The number of ether oxygens (including phenoxy) is 1. The second-order valence-electron chi connectivity index (χ2n) is 6.19. The van der Waals surface area contributed by atoms with Crippen molar-refractivity contribution in [1.82, 2.24) is 5.32 Å². The zero-order valence-electron chi connectivity index (χ0n) is 11.6. The van der Waals surface area contributed by atoms with Crippen molar-refractivity contribution in [3.8, 4) is 5.75 Å². The molecule has 2 aliphatic carbocycles. The molecule has 2 N–H and O–H groups in total. The third-order valence-corrected chi connectivity index (χ3v) is 4.92. The molecule has 0 saturated heterocycles. The highest BCUT2D eigenvalue weighted by atomic mass is 79.9. The molecule has 0 radical (unpaired) electrons. The van der Waals surface area contributed by atoms with Crippen LogP contribution in [0.5, 0.6) is 5.75 Å². The van der Waals surface area contributed by atoms with Crippen LogP contribution in [0.15, 0.2) is 28.7 Å². The largest absolute Gasteiger partial charge is 0.491 e. The molecular formula is C16H22BrNO2. The van der Waals surface area contributed by atoms with Gasteiger partial charge in [0, 0.05) is 17.6 Å². The number of hydrogen-bond acceptors (Lipinski definition) is 3. The van der Waals surface area contributed by atoms with Crippen LogP contribution >= 0.6 is 15.9 Å². The normalized spacial score (nSPS) is 21.5. The number of halogens is 1. The molecule has 1 unspecified atom stereocenters. The van der Waals surface area contributed by atoms with Crippen molar-refractivity contribution in [2.45, 2.75) is 31.8 Å². The Morgan fingerprint density at radius 2 is 2.20 bits per heavy atom. The van der Waals surface area contributed by atoms with E-state index in [9.17, 15) is 5.11 Å². The number of aliphatic hydroxyl groups is 1. The lowest BCUT2D eigenvalue weighted by atomic mass is 10.0. The van der Waals surface area contributed by atoms with Crippen LogP contribution in [-0.2, 0) is 0 Å². The highest BCUT2D eigenvalue weighted by molar-refractivity contribution is 9.10. The van der Waals surface area contributed by atoms with Gasteiger partial charge >= 0.3 is 0 Å². The van der Waals surface area contributed by atoms with Gasteiger partial charge in [-0.3, -0.25) is 0 Å². The fraction of sp³-hybridized carbons (Fsp3) is 0.625. The van der Waals surface area contributed by atoms with Crippen molar-refractivity contribution in [1.29, 1.82) is 0 Å². The lowest BCUT2D eigenvalue weighted by Gasteiger charge is -2.17. The monoisotopic (exact) mass is 339 g/mol. The lowest BCUT2D eigenvalue weighted by molar-refractivity contribution is 0.104. The van der Waals surface area contributed by atoms with Crippen molar-refractivity contribution in [2.75, 3.05) is 19.7 Å². The van der Waals surface area contributed by atoms with E-state index in [0.717, 1.165) is 22.7 Å². The molecule has 1 aromatic carbocycles. The summed E-state index contributed by atoms with van der Waals surface area (Å²) in [6.07, 6.45) is 5.11. The SMILES string of the molecule is OC(CNCC1(C2CC2)CC1)COc1cccc(Br)c1. The van der Waals surface area contributed by atoms with Crippen LogP contribution < -0.4 is 10.1 Å². The predicted molar refractivity (Wildman–Crippen MR) is 82.9 cm³/mol. The summed E-state index contributed by atoms with van der Waals surface area (Å²) >= 11 is 3.40. The van der Waals surface area contributed by atoms with Crippen molar-refractivity contribution in [2.24, 2.45) is 11.3 Å². The summed E-state index contributed by atoms with van der Waals surface area (Å²) in [5.41, 5.74) is 0.588. The number of nitrogens with one attached hydrogen (secondary N) is 1. The quantitative estimate of drug-likeness (QED) is 0.765. The summed E-state index contributed by atoms with van der Waals surface area (Å²) in [4.78, 5) is 0. The number of hydrogen-bond donors (Lipinski definition) is 2. The molecule has 4 heteroatoms. The maximum absolute atomic E-state index is 9.95. The van der Waals surface area contributed by atoms with E-state index >= 15 is 0 Å². The number of aliphatic hydroxyl groups excluding tert-OH is 1. The van der Waals surface area contributed by atoms with Gasteiger partial charge in [0.1, 0.15) is 18.5 Å². The Hall–Kier alpha value is -0.580. The number of benzene rings is 1. The summed E-state index contributed by atoms with van der Waals surface area (Å²) in [6, 6.07) is 7.69. The Labute approximate surface area is 128 Å². The van der Waals surface area contributed by atoms with E-state index in [-0.39, 0.29) is 0 Å². The molecule has 1 atom stereocenters. The van der Waals surface area contributed by atoms with E-state index in [1.165, 1.54) is 25.7 Å². The van der Waals surface area contributed by atoms with E-state index in [1.54, 1.807) is 0 Å². The second kappa shape index (κ2) is 6.04. The smallest absolute Gasteiger partial charge is 0.120 e. The van der Waals surface area contributed by atoms with Gasteiger partial charge in [-0.25, -0.2) is 0 Å². The summed E-state index contributed by atoms with van der Waals surface area (Å²) in [5, 5.41) is 13.4. The molecule has 0 spiro atoms. The van der Waals surface area contributed by atoms with E-state index < -0.39 is 6.10 Å². The molecule has 0 heterocycles. The Bertz CT molecular complexity index is 458. The highest BCUT2D eigenvalue weighted by Crippen LogP contribution is 2.60. The molecule has 2 saturated carbocycles. The van der Waals surface area contributed by atoms with Crippen LogP contribution in [0.3, 0.4) is 0 Å². The van der Waals surface area contributed by atoms with Gasteiger partial charge in [-0.15, -0.1) is 0 Å². The topological polar surface area (TPSA) is 41.5 Å². The first kappa shape index (κ1) is 14.4. The van der Waals surface area contributed by atoms with Gasteiger partial charge in [0.25, 0.3) is 0 Å². The van der Waals surface area contributed by atoms with Crippen molar-refractivity contribution in [3.05, 3.63) is 28.7 Å². The maximum Gasteiger partial charge on any atom is 0.120 e. The first-order chi connectivity index (χ1) is 9.68.